The number of carbonyl (C=O) groups excluding carboxylic acids is 2. The van der Waals surface area contributed by atoms with Crippen LogP contribution in [0.25, 0.3) is 10.4 Å². The van der Waals surface area contributed by atoms with E-state index in [1.54, 1.807) is 6.07 Å². The lowest BCUT2D eigenvalue weighted by atomic mass is 10.0. The van der Waals surface area contributed by atoms with Crippen molar-refractivity contribution < 1.29 is 14.5 Å². The van der Waals surface area contributed by atoms with Crippen LogP contribution < -0.4 is 21.3 Å². The van der Waals surface area contributed by atoms with E-state index in [9.17, 15) is 19.7 Å². The first-order chi connectivity index (χ1) is 17.9. The number of hydrogen-bond donors (Lipinski definition) is 4. The lowest BCUT2D eigenvalue weighted by molar-refractivity contribution is -0.383. The Morgan fingerprint density at radius 1 is 1.27 bits per heavy atom. The number of anilines is 1. The number of azide groups is 1. The zero-order chi connectivity index (χ0) is 26.6. The van der Waals surface area contributed by atoms with Gasteiger partial charge in [0.1, 0.15) is 5.69 Å². The number of nitro groups is 1. The number of nitro benzene ring substituents is 1. The van der Waals surface area contributed by atoms with E-state index in [0.717, 1.165) is 50.9 Å². The predicted molar refractivity (Wildman–Crippen MR) is 144 cm³/mol. The van der Waals surface area contributed by atoms with Gasteiger partial charge in [0.05, 0.1) is 17.0 Å². The number of amides is 3. The van der Waals surface area contributed by atoms with Crippen molar-refractivity contribution in [2.75, 3.05) is 44.3 Å². The smallest absolute Gasteiger partial charge is 0.315 e. The summed E-state index contributed by atoms with van der Waals surface area (Å²) in [5.41, 5.74) is 8.95. The first-order valence-corrected chi connectivity index (χ1v) is 13.6. The van der Waals surface area contributed by atoms with Gasteiger partial charge in [0, 0.05) is 47.2 Å². The Kier molecular flexibility index (Phi) is 11.1. The summed E-state index contributed by atoms with van der Waals surface area (Å²) in [7, 11) is 2.01. The number of thioether (sulfide) groups is 1. The van der Waals surface area contributed by atoms with Crippen molar-refractivity contribution in [2.24, 2.45) is 5.11 Å². The van der Waals surface area contributed by atoms with E-state index in [1.165, 1.54) is 12.1 Å². The molecule has 13 nitrogen and oxygen atoms in total. The Morgan fingerprint density at radius 3 is 2.81 bits per heavy atom. The third kappa shape index (κ3) is 8.99. The fourth-order valence-corrected chi connectivity index (χ4v) is 6.10. The Bertz CT molecular complexity index is 1000. The highest BCUT2D eigenvalue weighted by atomic mass is 32.2. The Balaban J connectivity index is 1.20. The topological polar surface area (TPSA) is 177 Å². The number of urea groups is 1. The highest BCUT2D eigenvalue weighted by Crippen LogP contribution is 2.33. The van der Waals surface area contributed by atoms with Crippen molar-refractivity contribution >= 4 is 40.8 Å². The SMILES string of the molecule is CN(CCCNC(=O)CCCC[C@@H]1SC[C@H]2NC(=O)N[C@H]12)CCCNc1ccc(N=[N+]=[N-])cc1[N+](=O)[O-]. The summed E-state index contributed by atoms with van der Waals surface area (Å²) < 4.78 is 0. The van der Waals surface area contributed by atoms with Gasteiger partial charge < -0.3 is 26.2 Å². The van der Waals surface area contributed by atoms with E-state index >= 15 is 0 Å². The van der Waals surface area contributed by atoms with Gasteiger partial charge in [-0.15, -0.1) is 0 Å². The van der Waals surface area contributed by atoms with Crippen LogP contribution in [-0.4, -0.2) is 78.1 Å². The van der Waals surface area contributed by atoms with E-state index in [0.29, 0.717) is 30.4 Å². The molecule has 4 N–H and O–H groups in total. The predicted octanol–water partition coefficient (Wildman–Crippen LogP) is 3.50. The maximum Gasteiger partial charge on any atom is 0.315 e. The Morgan fingerprint density at radius 2 is 2.05 bits per heavy atom. The monoisotopic (exact) mass is 533 g/mol. The molecule has 2 aliphatic rings. The van der Waals surface area contributed by atoms with Gasteiger partial charge in [-0.1, -0.05) is 17.6 Å². The highest BCUT2D eigenvalue weighted by Gasteiger charge is 2.42. The van der Waals surface area contributed by atoms with Crippen molar-refractivity contribution in [1.82, 2.24) is 20.9 Å². The molecule has 1 aromatic rings. The highest BCUT2D eigenvalue weighted by molar-refractivity contribution is 8.00. The summed E-state index contributed by atoms with van der Waals surface area (Å²) in [5.74, 6) is 1.03. The normalized spacial score (nSPS) is 20.1. The standard InChI is InChI=1S/C23H35N9O4S/c1-31(12-4-10-25-17-9-8-16(29-30-24)14-19(17)32(35)36)13-5-11-26-21(33)7-3-2-6-20-22-18(15-37-20)27-23(34)28-22/h8-9,14,18,20,22,25H,2-7,10-13,15H2,1H3,(H,26,33)(H2,27,28,34)/t18-,20+,22+/m1/s1. The summed E-state index contributed by atoms with van der Waals surface area (Å²) in [6.45, 7) is 2.84. The van der Waals surface area contributed by atoms with Crippen molar-refractivity contribution in [3.8, 4) is 0 Å². The summed E-state index contributed by atoms with van der Waals surface area (Å²) in [5, 5.41) is 27.1. The van der Waals surface area contributed by atoms with Gasteiger partial charge in [-0.25, -0.2) is 4.79 Å². The van der Waals surface area contributed by atoms with Crippen LogP contribution in [0, 0.1) is 10.1 Å². The average Bonchev–Trinajstić information content (AvgIpc) is 3.42. The molecule has 3 amide bonds. The Hall–Kier alpha value is -3.22. The van der Waals surface area contributed by atoms with Crippen LogP contribution in [0.4, 0.5) is 21.9 Å². The summed E-state index contributed by atoms with van der Waals surface area (Å²) in [6, 6.07) is 4.72. The van der Waals surface area contributed by atoms with Crippen LogP contribution in [0.1, 0.15) is 38.5 Å². The molecule has 37 heavy (non-hydrogen) atoms. The molecule has 2 fully saturated rings. The quantitative estimate of drug-likeness (QED) is 0.0477. The molecule has 1 aromatic carbocycles. The van der Waals surface area contributed by atoms with Crippen LogP contribution in [-0.2, 0) is 4.79 Å². The van der Waals surface area contributed by atoms with E-state index < -0.39 is 4.92 Å². The molecule has 2 aliphatic heterocycles. The minimum Gasteiger partial charge on any atom is -0.379 e. The molecule has 0 aliphatic carbocycles. The second-order valence-electron chi connectivity index (χ2n) is 9.30. The molecule has 0 aromatic heterocycles. The van der Waals surface area contributed by atoms with Gasteiger partial charge in [-0.2, -0.15) is 11.8 Å². The lowest BCUT2D eigenvalue weighted by Gasteiger charge is -2.17. The second-order valence-corrected chi connectivity index (χ2v) is 10.6. The number of hydrogen-bond acceptors (Lipinski definition) is 8. The van der Waals surface area contributed by atoms with Crippen LogP contribution in [0.3, 0.4) is 0 Å². The lowest BCUT2D eigenvalue weighted by Crippen LogP contribution is -2.36. The molecule has 0 spiro atoms. The van der Waals surface area contributed by atoms with Crippen molar-refractivity contribution in [3.63, 3.8) is 0 Å². The molecule has 0 radical (unpaired) electrons. The molecule has 202 valence electrons. The van der Waals surface area contributed by atoms with E-state index in [1.807, 2.05) is 18.8 Å². The molecule has 0 bridgehead atoms. The minimum absolute atomic E-state index is 0.0662. The average molecular weight is 534 g/mol. The number of fused-ring (bicyclic) bond motifs is 1. The maximum absolute atomic E-state index is 12.1. The molecule has 2 heterocycles. The number of benzene rings is 1. The largest absolute Gasteiger partial charge is 0.379 e. The van der Waals surface area contributed by atoms with Gasteiger partial charge in [0.25, 0.3) is 5.69 Å². The van der Waals surface area contributed by atoms with Crippen LogP contribution in [0.2, 0.25) is 0 Å². The molecular weight excluding hydrogens is 498 g/mol. The van der Waals surface area contributed by atoms with Gasteiger partial charge in [0.2, 0.25) is 5.91 Å². The molecular formula is C23H35N9O4S. The van der Waals surface area contributed by atoms with E-state index in [2.05, 4.69) is 36.2 Å². The third-order valence-electron chi connectivity index (χ3n) is 6.49. The zero-order valence-electron chi connectivity index (χ0n) is 21.0. The van der Waals surface area contributed by atoms with Gasteiger partial charge >= 0.3 is 6.03 Å². The number of rotatable bonds is 16. The number of nitrogens with one attached hydrogen (secondary N) is 4. The van der Waals surface area contributed by atoms with E-state index in [4.69, 9.17) is 5.53 Å². The number of unbranched alkanes of at least 4 members (excludes halogenated alkanes) is 1. The maximum atomic E-state index is 12.1. The molecule has 3 rings (SSSR count). The summed E-state index contributed by atoms with van der Waals surface area (Å²) in [6.07, 6.45) is 4.99. The fourth-order valence-electron chi connectivity index (χ4n) is 4.56. The van der Waals surface area contributed by atoms with Crippen molar-refractivity contribution in [1.29, 1.82) is 0 Å². The third-order valence-corrected chi connectivity index (χ3v) is 8.00. The number of carbonyl (C=O) groups is 2. The summed E-state index contributed by atoms with van der Waals surface area (Å²) >= 11 is 1.90. The van der Waals surface area contributed by atoms with Gasteiger partial charge in [0.15, 0.2) is 0 Å². The fraction of sp³-hybridized carbons (Fsp3) is 0.652. The van der Waals surface area contributed by atoms with Gasteiger partial charge in [-0.05, 0) is 57.4 Å². The van der Waals surface area contributed by atoms with Crippen LogP contribution in [0.5, 0.6) is 0 Å². The van der Waals surface area contributed by atoms with Gasteiger partial charge in [-0.3, -0.25) is 14.9 Å². The molecule has 2 saturated heterocycles. The Labute approximate surface area is 220 Å². The van der Waals surface area contributed by atoms with Crippen LogP contribution in [0.15, 0.2) is 23.3 Å². The molecule has 0 unspecified atom stereocenters. The molecule has 3 atom stereocenters. The van der Waals surface area contributed by atoms with Crippen molar-refractivity contribution in [3.05, 3.63) is 38.8 Å². The van der Waals surface area contributed by atoms with E-state index in [-0.39, 0.29) is 35.4 Å². The van der Waals surface area contributed by atoms with Crippen LogP contribution >= 0.6 is 11.8 Å². The minimum atomic E-state index is -0.503. The molecule has 0 saturated carbocycles. The number of nitrogens with zero attached hydrogens (tertiary/aromatic N) is 5. The second kappa shape index (κ2) is 14.5. The first-order valence-electron chi connectivity index (χ1n) is 12.6. The summed E-state index contributed by atoms with van der Waals surface area (Å²) in [4.78, 5) is 39.1. The van der Waals surface area contributed by atoms with Crippen molar-refractivity contribution in [2.45, 2.75) is 55.9 Å². The first kappa shape index (κ1) is 28.4. The molecule has 14 heteroatoms. The zero-order valence-corrected chi connectivity index (χ0v) is 21.8.